The molecular formula is C17H21ClO5. The zero-order chi connectivity index (χ0) is 17.0. The lowest BCUT2D eigenvalue weighted by Gasteiger charge is -2.38. The van der Waals surface area contributed by atoms with Crippen molar-refractivity contribution >= 4 is 23.4 Å². The maximum absolute atomic E-state index is 12.6. The molecule has 0 amide bonds. The third kappa shape index (κ3) is 4.31. The molecule has 0 aromatic heterocycles. The topological polar surface area (TPSA) is 83.8 Å². The molecule has 6 heteroatoms. The summed E-state index contributed by atoms with van der Waals surface area (Å²) in [6.07, 6.45) is -0.185. The Labute approximate surface area is 140 Å². The van der Waals surface area contributed by atoms with Crippen LogP contribution in [0.2, 0.25) is 5.02 Å². The normalized spacial score (nSPS) is 24.4. The summed E-state index contributed by atoms with van der Waals surface area (Å²) in [7, 11) is 0. The van der Waals surface area contributed by atoms with E-state index >= 15 is 0 Å². The number of aliphatic carboxylic acids is 1. The number of ether oxygens (including phenoxy) is 1. The molecular weight excluding hydrogens is 320 g/mol. The molecule has 1 fully saturated rings. The number of carboxylic acids is 1. The lowest BCUT2D eigenvalue weighted by molar-refractivity contribution is -0.170. The van der Waals surface area contributed by atoms with Gasteiger partial charge >= 0.3 is 5.97 Å². The monoisotopic (exact) mass is 340 g/mol. The minimum Gasteiger partial charge on any atom is -0.481 e. The van der Waals surface area contributed by atoms with Gasteiger partial charge in [-0.25, -0.2) is 0 Å². The first-order valence-electron chi connectivity index (χ1n) is 7.66. The molecule has 23 heavy (non-hydrogen) atoms. The van der Waals surface area contributed by atoms with Crippen LogP contribution in [-0.2, 0) is 20.7 Å². The second-order valence-corrected chi connectivity index (χ2v) is 6.44. The van der Waals surface area contributed by atoms with Crippen LogP contribution in [0, 0.1) is 6.92 Å². The van der Waals surface area contributed by atoms with Crippen molar-refractivity contribution in [3.8, 4) is 0 Å². The van der Waals surface area contributed by atoms with Crippen LogP contribution in [0.3, 0.4) is 0 Å². The number of carboxylic acid groups (broad SMARTS) is 1. The molecule has 0 saturated carbocycles. The molecule has 1 saturated heterocycles. The third-order valence-electron chi connectivity index (χ3n) is 4.29. The average molecular weight is 341 g/mol. The Kier molecular flexibility index (Phi) is 5.79. The predicted octanol–water partition coefficient (Wildman–Crippen LogP) is 2.53. The smallest absolute Gasteiger partial charge is 0.303 e. The molecule has 0 bridgehead atoms. The molecule has 2 N–H and O–H groups in total. The van der Waals surface area contributed by atoms with Crippen LogP contribution in [0.25, 0.3) is 0 Å². The lowest BCUT2D eigenvalue weighted by Crippen LogP contribution is -2.52. The minimum absolute atomic E-state index is 0.000242. The number of aryl methyl sites for hydroxylation is 1. The number of hydrogen-bond acceptors (Lipinski definition) is 4. The molecule has 1 aromatic carbocycles. The highest BCUT2D eigenvalue weighted by Gasteiger charge is 2.44. The Balaban J connectivity index is 2.16. The second-order valence-electron chi connectivity index (χ2n) is 6.03. The van der Waals surface area contributed by atoms with Crippen molar-refractivity contribution < 1.29 is 24.5 Å². The molecule has 2 atom stereocenters. The van der Waals surface area contributed by atoms with Crippen molar-refractivity contribution in [1.29, 1.82) is 0 Å². The Bertz CT molecular complexity index is 580. The Morgan fingerprint density at radius 1 is 1.43 bits per heavy atom. The first-order valence-corrected chi connectivity index (χ1v) is 8.04. The van der Waals surface area contributed by atoms with Crippen LogP contribution >= 0.6 is 11.6 Å². The number of hydrogen-bond donors (Lipinski definition) is 2. The number of ketones is 1. The first-order chi connectivity index (χ1) is 10.8. The Morgan fingerprint density at radius 2 is 2.17 bits per heavy atom. The van der Waals surface area contributed by atoms with Gasteiger partial charge in [-0.15, -0.1) is 0 Å². The molecule has 0 aliphatic carbocycles. The van der Waals surface area contributed by atoms with Crippen molar-refractivity contribution in [3.63, 3.8) is 0 Å². The van der Waals surface area contributed by atoms with Gasteiger partial charge in [0.25, 0.3) is 0 Å². The number of carbonyl (C=O) groups is 2. The van der Waals surface area contributed by atoms with E-state index in [1.165, 1.54) is 0 Å². The summed E-state index contributed by atoms with van der Waals surface area (Å²) >= 11 is 6.15. The zero-order valence-corrected chi connectivity index (χ0v) is 13.8. The van der Waals surface area contributed by atoms with Gasteiger partial charge in [-0.2, -0.15) is 0 Å². The van der Waals surface area contributed by atoms with Crippen LogP contribution < -0.4 is 0 Å². The van der Waals surface area contributed by atoms with E-state index in [1.54, 1.807) is 6.07 Å². The van der Waals surface area contributed by atoms with E-state index in [4.69, 9.17) is 21.4 Å². The minimum atomic E-state index is -1.43. The van der Waals surface area contributed by atoms with E-state index in [1.807, 2.05) is 19.1 Å². The van der Waals surface area contributed by atoms with E-state index in [2.05, 4.69) is 0 Å². The molecule has 1 aromatic rings. The summed E-state index contributed by atoms with van der Waals surface area (Å²) in [6, 6.07) is 5.40. The summed E-state index contributed by atoms with van der Waals surface area (Å²) in [6.45, 7) is 2.25. The van der Waals surface area contributed by atoms with Crippen molar-refractivity contribution in [2.24, 2.45) is 0 Å². The average Bonchev–Trinajstić information content (AvgIpc) is 2.49. The fourth-order valence-electron chi connectivity index (χ4n) is 3.00. The van der Waals surface area contributed by atoms with E-state index in [-0.39, 0.29) is 25.0 Å². The van der Waals surface area contributed by atoms with Gasteiger partial charge in [-0.3, -0.25) is 9.59 Å². The molecule has 1 aliphatic heterocycles. The quantitative estimate of drug-likeness (QED) is 0.831. The van der Waals surface area contributed by atoms with Gasteiger partial charge in [0.15, 0.2) is 5.78 Å². The van der Waals surface area contributed by atoms with Crippen molar-refractivity contribution in [3.05, 3.63) is 34.3 Å². The van der Waals surface area contributed by atoms with Gasteiger partial charge in [0.05, 0.1) is 5.60 Å². The van der Waals surface area contributed by atoms with Gasteiger partial charge in [0.1, 0.15) is 6.10 Å². The molecule has 1 aliphatic rings. The van der Waals surface area contributed by atoms with E-state index in [0.717, 1.165) is 5.56 Å². The second kappa shape index (κ2) is 7.43. The highest BCUT2D eigenvalue weighted by atomic mass is 35.5. The summed E-state index contributed by atoms with van der Waals surface area (Å²) in [5.41, 5.74) is 0.188. The molecule has 1 heterocycles. The standard InChI is InChI=1S/C17H21ClO5/c1-11-4-2-5-13(18)12(11)10-14(19)16-17(22,7-3-9-23-16)8-6-15(20)21/h2,4-5,16,22H,3,6-10H2,1H3,(H,20,21). The highest BCUT2D eigenvalue weighted by molar-refractivity contribution is 6.31. The molecule has 0 radical (unpaired) electrons. The van der Waals surface area contributed by atoms with Crippen LogP contribution in [0.15, 0.2) is 18.2 Å². The van der Waals surface area contributed by atoms with E-state index in [0.29, 0.717) is 30.0 Å². The molecule has 2 rings (SSSR count). The van der Waals surface area contributed by atoms with Crippen molar-refractivity contribution in [2.75, 3.05) is 6.61 Å². The Morgan fingerprint density at radius 3 is 2.83 bits per heavy atom. The Hall–Kier alpha value is -1.43. The van der Waals surface area contributed by atoms with Gasteiger partial charge in [-0.1, -0.05) is 23.7 Å². The molecule has 2 unspecified atom stereocenters. The van der Waals surface area contributed by atoms with Crippen LogP contribution in [0.1, 0.15) is 36.8 Å². The molecule has 0 spiro atoms. The summed E-state index contributed by atoms with van der Waals surface area (Å²) in [5.74, 6) is -1.27. The van der Waals surface area contributed by atoms with E-state index in [9.17, 15) is 14.7 Å². The van der Waals surface area contributed by atoms with Gasteiger partial charge < -0.3 is 14.9 Å². The van der Waals surface area contributed by atoms with Crippen molar-refractivity contribution in [2.45, 2.75) is 50.7 Å². The van der Waals surface area contributed by atoms with Gasteiger partial charge in [-0.05, 0) is 43.4 Å². The SMILES string of the molecule is Cc1cccc(Cl)c1CC(=O)C1OCCCC1(O)CCC(=O)O. The number of carbonyl (C=O) groups excluding carboxylic acids is 1. The van der Waals surface area contributed by atoms with Gasteiger partial charge in [0, 0.05) is 24.5 Å². The summed E-state index contributed by atoms with van der Waals surface area (Å²) in [5, 5.41) is 20.1. The van der Waals surface area contributed by atoms with Crippen LogP contribution in [-0.4, -0.2) is 40.3 Å². The summed E-state index contributed by atoms with van der Waals surface area (Å²) in [4.78, 5) is 23.4. The maximum atomic E-state index is 12.6. The number of benzene rings is 1. The lowest BCUT2D eigenvalue weighted by atomic mass is 9.81. The molecule has 126 valence electrons. The fraction of sp³-hybridized carbons (Fsp3) is 0.529. The maximum Gasteiger partial charge on any atom is 0.303 e. The molecule has 5 nitrogen and oxygen atoms in total. The van der Waals surface area contributed by atoms with Crippen molar-refractivity contribution in [1.82, 2.24) is 0 Å². The predicted molar refractivity (Wildman–Crippen MR) is 85.7 cm³/mol. The number of aliphatic hydroxyl groups is 1. The number of Topliss-reactive ketones (excluding diaryl/α,β-unsaturated/α-hetero) is 1. The first kappa shape index (κ1) is 17.9. The van der Waals surface area contributed by atoms with Crippen LogP contribution in [0.4, 0.5) is 0 Å². The zero-order valence-electron chi connectivity index (χ0n) is 13.0. The summed E-state index contributed by atoms with van der Waals surface area (Å²) < 4.78 is 5.50. The third-order valence-corrected chi connectivity index (χ3v) is 4.65. The highest BCUT2D eigenvalue weighted by Crippen LogP contribution is 2.32. The van der Waals surface area contributed by atoms with E-state index < -0.39 is 17.7 Å². The fourth-order valence-corrected chi connectivity index (χ4v) is 3.28. The number of rotatable bonds is 6. The van der Waals surface area contributed by atoms with Crippen LogP contribution in [0.5, 0.6) is 0 Å². The van der Waals surface area contributed by atoms with Gasteiger partial charge in [0.2, 0.25) is 0 Å². The largest absolute Gasteiger partial charge is 0.481 e. The number of halogens is 1.